The second-order valence-corrected chi connectivity index (χ2v) is 7.99. The highest BCUT2D eigenvalue weighted by atomic mass is 16.2. The summed E-state index contributed by atoms with van der Waals surface area (Å²) in [5, 5.41) is 3.24. The lowest BCUT2D eigenvalue weighted by molar-refractivity contribution is -0.140. The van der Waals surface area contributed by atoms with E-state index in [-0.39, 0.29) is 11.3 Å². The van der Waals surface area contributed by atoms with Crippen molar-refractivity contribution in [2.75, 3.05) is 5.32 Å². The molecule has 22 heavy (non-hydrogen) atoms. The maximum absolute atomic E-state index is 13.0. The van der Waals surface area contributed by atoms with Crippen molar-refractivity contribution in [1.82, 2.24) is 4.98 Å². The van der Waals surface area contributed by atoms with Gasteiger partial charge in [-0.05, 0) is 81.8 Å². The number of hydrogen-bond donors (Lipinski definition) is 1. The average Bonchev–Trinajstić information content (AvgIpc) is 2.45. The monoisotopic (exact) mass is 298 g/mol. The quantitative estimate of drug-likeness (QED) is 0.912. The van der Waals surface area contributed by atoms with Gasteiger partial charge in [-0.15, -0.1) is 0 Å². The summed E-state index contributed by atoms with van der Waals surface area (Å²) in [6.45, 7) is 4.10. The minimum atomic E-state index is -0.0711. The highest BCUT2D eigenvalue weighted by molar-refractivity contribution is 5.95. The second-order valence-electron chi connectivity index (χ2n) is 7.99. The maximum atomic E-state index is 13.0. The highest BCUT2D eigenvalue weighted by Crippen LogP contribution is 2.60. The smallest absolute Gasteiger partial charge is 0.230 e. The van der Waals surface area contributed by atoms with Crippen molar-refractivity contribution in [2.24, 2.45) is 23.2 Å². The predicted octanol–water partition coefficient (Wildman–Crippen LogP) is 4.11. The van der Waals surface area contributed by atoms with Crippen LogP contribution in [0.2, 0.25) is 0 Å². The molecule has 4 aliphatic rings. The Morgan fingerprint density at radius 3 is 2.32 bits per heavy atom. The van der Waals surface area contributed by atoms with Gasteiger partial charge in [0.15, 0.2) is 0 Å². The molecule has 0 atom stereocenters. The zero-order valence-electron chi connectivity index (χ0n) is 13.7. The number of hydrogen-bond acceptors (Lipinski definition) is 2. The van der Waals surface area contributed by atoms with Crippen LogP contribution in [-0.4, -0.2) is 10.9 Å². The molecule has 4 bridgehead atoms. The van der Waals surface area contributed by atoms with Crippen LogP contribution >= 0.6 is 0 Å². The minimum Gasteiger partial charge on any atom is -0.325 e. The third-order valence-electron chi connectivity index (χ3n) is 6.15. The Labute approximate surface area is 132 Å². The Bertz CT molecular complexity index is 572. The van der Waals surface area contributed by atoms with Crippen LogP contribution in [0.4, 0.5) is 5.69 Å². The van der Waals surface area contributed by atoms with Gasteiger partial charge in [-0.25, -0.2) is 0 Å². The van der Waals surface area contributed by atoms with Crippen molar-refractivity contribution in [1.29, 1.82) is 0 Å². The average molecular weight is 298 g/mol. The number of carbonyl (C=O) groups excluding carboxylic acids is 1. The summed E-state index contributed by atoms with van der Waals surface area (Å²) in [6.07, 6.45) is 8.39. The zero-order chi connectivity index (χ0) is 15.3. The topological polar surface area (TPSA) is 42.0 Å². The molecule has 4 saturated carbocycles. The fourth-order valence-electron chi connectivity index (χ4n) is 5.64. The summed E-state index contributed by atoms with van der Waals surface area (Å²) < 4.78 is 0. The van der Waals surface area contributed by atoms with E-state index in [0.717, 1.165) is 60.5 Å². The van der Waals surface area contributed by atoms with Crippen LogP contribution in [0, 0.1) is 30.1 Å². The third-order valence-corrected chi connectivity index (χ3v) is 6.15. The van der Waals surface area contributed by atoms with Gasteiger partial charge >= 0.3 is 0 Å². The first kappa shape index (κ1) is 14.2. The van der Waals surface area contributed by atoms with E-state index in [4.69, 9.17) is 0 Å². The van der Waals surface area contributed by atoms with Crippen molar-refractivity contribution in [3.8, 4) is 0 Å². The minimum absolute atomic E-state index is 0.0711. The van der Waals surface area contributed by atoms with E-state index in [9.17, 15) is 4.79 Å². The number of carbonyl (C=O) groups is 1. The molecule has 3 heteroatoms. The molecule has 3 nitrogen and oxygen atoms in total. The largest absolute Gasteiger partial charge is 0.325 e. The predicted molar refractivity (Wildman–Crippen MR) is 87.6 cm³/mol. The van der Waals surface area contributed by atoms with Crippen LogP contribution in [0.1, 0.15) is 56.8 Å². The SMILES string of the molecule is CCc1cc(NC(=O)C23CC4CC(CC(C4)C2)C3)cc(C)n1. The van der Waals surface area contributed by atoms with Gasteiger partial charge in [0.1, 0.15) is 0 Å². The van der Waals surface area contributed by atoms with Crippen molar-refractivity contribution in [2.45, 2.75) is 58.8 Å². The Balaban J connectivity index is 1.56. The van der Waals surface area contributed by atoms with Crippen LogP contribution in [0.3, 0.4) is 0 Å². The van der Waals surface area contributed by atoms with E-state index in [1.54, 1.807) is 0 Å². The van der Waals surface area contributed by atoms with Gasteiger partial charge in [0.05, 0.1) is 5.41 Å². The van der Waals surface area contributed by atoms with E-state index in [2.05, 4.69) is 17.2 Å². The van der Waals surface area contributed by atoms with Gasteiger partial charge in [-0.1, -0.05) is 6.92 Å². The Kier molecular flexibility index (Phi) is 3.28. The molecule has 1 amide bonds. The Hall–Kier alpha value is -1.38. The highest BCUT2D eigenvalue weighted by Gasteiger charge is 2.54. The summed E-state index contributed by atoms with van der Waals surface area (Å²) in [5.74, 6) is 2.70. The molecule has 5 rings (SSSR count). The van der Waals surface area contributed by atoms with Gasteiger partial charge in [-0.3, -0.25) is 9.78 Å². The summed E-state index contributed by atoms with van der Waals surface area (Å²) >= 11 is 0. The van der Waals surface area contributed by atoms with Crippen LogP contribution in [0.25, 0.3) is 0 Å². The van der Waals surface area contributed by atoms with Crippen LogP contribution in [0.15, 0.2) is 12.1 Å². The number of anilines is 1. The summed E-state index contributed by atoms with van der Waals surface area (Å²) in [7, 11) is 0. The van der Waals surface area contributed by atoms with E-state index in [1.807, 2.05) is 19.1 Å². The standard InChI is InChI=1S/C19H26N2O/c1-3-16-8-17(4-12(2)20-16)21-18(22)19-9-13-5-14(10-19)7-15(6-13)11-19/h4,8,13-15H,3,5-7,9-11H2,1-2H3,(H,20,21,22). The molecular formula is C19H26N2O. The van der Waals surface area contributed by atoms with Crippen molar-refractivity contribution in [3.05, 3.63) is 23.5 Å². The molecule has 1 aromatic rings. The molecule has 0 unspecified atom stereocenters. The number of amides is 1. The van der Waals surface area contributed by atoms with Crippen LogP contribution in [0.5, 0.6) is 0 Å². The molecule has 0 aromatic carbocycles. The van der Waals surface area contributed by atoms with Gasteiger partial charge in [0, 0.05) is 17.1 Å². The van der Waals surface area contributed by atoms with Gasteiger partial charge < -0.3 is 5.32 Å². The lowest BCUT2D eigenvalue weighted by atomic mass is 9.49. The van der Waals surface area contributed by atoms with Gasteiger partial charge in [-0.2, -0.15) is 0 Å². The number of nitrogens with one attached hydrogen (secondary N) is 1. The lowest BCUT2D eigenvalue weighted by Gasteiger charge is -2.55. The van der Waals surface area contributed by atoms with E-state index in [1.165, 1.54) is 19.3 Å². The van der Waals surface area contributed by atoms with Crippen LogP contribution < -0.4 is 5.32 Å². The van der Waals surface area contributed by atoms with E-state index < -0.39 is 0 Å². The molecule has 118 valence electrons. The summed E-state index contributed by atoms with van der Waals surface area (Å²) in [6, 6.07) is 4.03. The summed E-state index contributed by atoms with van der Waals surface area (Å²) in [5.41, 5.74) is 2.91. The van der Waals surface area contributed by atoms with Gasteiger partial charge in [0.25, 0.3) is 0 Å². The molecule has 1 heterocycles. The second kappa shape index (κ2) is 5.07. The van der Waals surface area contributed by atoms with Crippen molar-refractivity contribution >= 4 is 11.6 Å². The first-order valence-corrected chi connectivity index (χ1v) is 8.85. The Morgan fingerprint density at radius 1 is 1.18 bits per heavy atom. The third kappa shape index (κ3) is 2.35. The first-order valence-electron chi connectivity index (χ1n) is 8.85. The molecule has 4 aliphatic carbocycles. The molecule has 0 aliphatic heterocycles. The zero-order valence-corrected chi connectivity index (χ0v) is 13.7. The molecule has 0 spiro atoms. The fraction of sp³-hybridized carbons (Fsp3) is 0.684. The van der Waals surface area contributed by atoms with Crippen molar-refractivity contribution < 1.29 is 4.79 Å². The molecule has 1 aromatic heterocycles. The van der Waals surface area contributed by atoms with Crippen molar-refractivity contribution in [3.63, 3.8) is 0 Å². The molecule has 1 N–H and O–H groups in total. The van der Waals surface area contributed by atoms with Crippen LogP contribution in [-0.2, 0) is 11.2 Å². The van der Waals surface area contributed by atoms with E-state index >= 15 is 0 Å². The molecule has 4 fully saturated rings. The maximum Gasteiger partial charge on any atom is 0.230 e. The van der Waals surface area contributed by atoms with E-state index in [0.29, 0.717) is 0 Å². The fourth-order valence-corrected chi connectivity index (χ4v) is 5.64. The first-order chi connectivity index (χ1) is 10.6. The summed E-state index contributed by atoms with van der Waals surface area (Å²) in [4.78, 5) is 17.5. The number of pyridine rings is 1. The lowest BCUT2D eigenvalue weighted by Crippen LogP contribution is -2.51. The number of aromatic nitrogens is 1. The number of nitrogens with zero attached hydrogens (tertiary/aromatic N) is 1. The molecule has 0 saturated heterocycles. The number of rotatable bonds is 3. The molecular weight excluding hydrogens is 272 g/mol. The normalized spacial score (nSPS) is 35.6. The number of aryl methyl sites for hydroxylation is 2. The Morgan fingerprint density at radius 2 is 1.77 bits per heavy atom. The molecule has 0 radical (unpaired) electrons. The van der Waals surface area contributed by atoms with Gasteiger partial charge in [0.2, 0.25) is 5.91 Å².